The minimum absolute atomic E-state index is 0.0296. The molecule has 0 bridgehead atoms. The van der Waals surface area contributed by atoms with E-state index in [1.807, 2.05) is 24.3 Å². The lowest BCUT2D eigenvalue weighted by Crippen LogP contribution is -2.20. The molecule has 0 unspecified atom stereocenters. The van der Waals surface area contributed by atoms with Crippen LogP contribution in [0.4, 0.5) is 11.4 Å². The highest BCUT2D eigenvalue weighted by atomic mass is 16.6. The Morgan fingerprint density at radius 2 is 1.88 bits per heavy atom. The van der Waals surface area contributed by atoms with Crippen molar-refractivity contribution in [1.29, 1.82) is 0 Å². The zero-order valence-electron chi connectivity index (χ0n) is 13.9. The van der Waals surface area contributed by atoms with Gasteiger partial charge < -0.3 is 10.1 Å². The molecular weight excluding hydrogens is 308 g/mol. The largest absolute Gasteiger partial charge is 0.484 e. The third-order valence-corrected chi connectivity index (χ3v) is 3.61. The highest BCUT2D eigenvalue weighted by Crippen LogP contribution is 2.22. The van der Waals surface area contributed by atoms with Crippen LogP contribution in [0.15, 0.2) is 42.5 Å². The van der Waals surface area contributed by atoms with Crippen molar-refractivity contribution in [3.63, 3.8) is 0 Å². The molecule has 6 heteroatoms. The highest BCUT2D eigenvalue weighted by Gasteiger charge is 2.12. The summed E-state index contributed by atoms with van der Waals surface area (Å²) >= 11 is 0. The topological polar surface area (TPSA) is 81.5 Å². The van der Waals surface area contributed by atoms with Crippen molar-refractivity contribution in [1.82, 2.24) is 0 Å². The first-order chi connectivity index (χ1) is 11.4. The van der Waals surface area contributed by atoms with E-state index in [4.69, 9.17) is 4.74 Å². The molecule has 0 spiro atoms. The van der Waals surface area contributed by atoms with Crippen LogP contribution in [0.1, 0.15) is 30.9 Å². The van der Waals surface area contributed by atoms with E-state index in [-0.39, 0.29) is 18.2 Å². The number of hydrogen-bond donors (Lipinski definition) is 1. The van der Waals surface area contributed by atoms with Crippen LogP contribution in [-0.2, 0) is 4.79 Å². The molecule has 0 atom stereocenters. The number of aryl methyl sites for hydroxylation is 1. The van der Waals surface area contributed by atoms with Crippen molar-refractivity contribution in [3.8, 4) is 5.75 Å². The monoisotopic (exact) mass is 328 g/mol. The minimum atomic E-state index is -0.474. The van der Waals surface area contributed by atoms with E-state index in [9.17, 15) is 14.9 Å². The maximum Gasteiger partial charge on any atom is 0.274 e. The van der Waals surface area contributed by atoms with Gasteiger partial charge in [0.05, 0.1) is 4.92 Å². The third-order valence-electron chi connectivity index (χ3n) is 3.61. The molecular formula is C18H20N2O4. The van der Waals surface area contributed by atoms with Gasteiger partial charge in [0.25, 0.3) is 11.6 Å². The van der Waals surface area contributed by atoms with Crippen molar-refractivity contribution in [2.75, 3.05) is 11.9 Å². The fourth-order valence-electron chi connectivity index (χ4n) is 2.18. The molecule has 2 rings (SSSR count). The number of amides is 1. The van der Waals surface area contributed by atoms with Crippen LogP contribution < -0.4 is 10.1 Å². The maximum atomic E-state index is 11.9. The Morgan fingerprint density at radius 3 is 2.46 bits per heavy atom. The number of nitro benzene ring substituents is 1. The number of nitro groups is 1. The quantitative estimate of drug-likeness (QED) is 0.641. The van der Waals surface area contributed by atoms with Crippen LogP contribution in [0.2, 0.25) is 0 Å². The van der Waals surface area contributed by atoms with Crippen molar-refractivity contribution in [2.45, 2.75) is 26.7 Å². The van der Waals surface area contributed by atoms with Crippen LogP contribution in [0, 0.1) is 17.0 Å². The van der Waals surface area contributed by atoms with Gasteiger partial charge in [-0.15, -0.1) is 0 Å². The zero-order valence-corrected chi connectivity index (χ0v) is 13.9. The summed E-state index contributed by atoms with van der Waals surface area (Å²) in [6.07, 6.45) is 0. The maximum absolute atomic E-state index is 11.9. The first-order valence-corrected chi connectivity index (χ1v) is 7.64. The second-order valence-electron chi connectivity index (χ2n) is 5.82. The van der Waals surface area contributed by atoms with Gasteiger partial charge in [-0.1, -0.05) is 32.0 Å². The minimum Gasteiger partial charge on any atom is -0.484 e. The molecule has 2 aromatic carbocycles. The Labute approximate surface area is 140 Å². The SMILES string of the molecule is Cc1ccc(NC(=O)COc2ccc(C(C)C)cc2)cc1[N+](=O)[O-]. The first kappa shape index (κ1) is 17.5. The van der Waals surface area contributed by atoms with E-state index in [1.54, 1.807) is 19.1 Å². The molecule has 24 heavy (non-hydrogen) atoms. The number of nitrogens with one attached hydrogen (secondary N) is 1. The Hall–Kier alpha value is -2.89. The average molecular weight is 328 g/mol. The van der Waals surface area contributed by atoms with Gasteiger partial charge in [0.15, 0.2) is 6.61 Å². The van der Waals surface area contributed by atoms with Crippen LogP contribution in [0.3, 0.4) is 0 Å². The molecule has 0 aliphatic rings. The molecule has 0 aliphatic carbocycles. The van der Waals surface area contributed by atoms with E-state index >= 15 is 0 Å². The molecule has 0 heterocycles. The van der Waals surface area contributed by atoms with E-state index in [2.05, 4.69) is 19.2 Å². The predicted molar refractivity (Wildman–Crippen MR) is 92.5 cm³/mol. The fraction of sp³-hybridized carbons (Fsp3) is 0.278. The fourth-order valence-corrected chi connectivity index (χ4v) is 2.18. The van der Waals surface area contributed by atoms with E-state index in [0.717, 1.165) is 0 Å². The summed E-state index contributed by atoms with van der Waals surface area (Å²) in [5.74, 6) is 0.658. The lowest BCUT2D eigenvalue weighted by Gasteiger charge is -2.09. The van der Waals surface area contributed by atoms with E-state index in [1.165, 1.54) is 11.6 Å². The van der Waals surface area contributed by atoms with Gasteiger partial charge >= 0.3 is 0 Å². The van der Waals surface area contributed by atoms with Crippen molar-refractivity contribution < 1.29 is 14.5 Å². The molecule has 2 aromatic rings. The second-order valence-corrected chi connectivity index (χ2v) is 5.82. The standard InChI is InChI=1S/C18H20N2O4/c1-12(2)14-5-8-16(9-6-14)24-11-18(21)19-15-7-4-13(3)17(10-15)20(22)23/h4-10,12H,11H2,1-3H3,(H,19,21). The van der Waals surface area contributed by atoms with Crippen LogP contribution in [0.5, 0.6) is 5.75 Å². The molecule has 0 saturated carbocycles. The van der Waals surface area contributed by atoms with Gasteiger partial charge in [0, 0.05) is 17.3 Å². The lowest BCUT2D eigenvalue weighted by molar-refractivity contribution is -0.385. The number of rotatable bonds is 6. The molecule has 0 saturated heterocycles. The summed E-state index contributed by atoms with van der Waals surface area (Å²) < 4.78 is 5.43. The Balaban J connectivity index is 1.94. The summed E-state index contributed by atoms with van der Waals surface area (Å²) in [7, 11) is 0. The highest BCUT2D eigenvalue weighted by molar-refractivity contribution is 5.92. The smallest absolute Gasteiger partial charge is 0.274 e. The number of hydrogen-bond acceptors (Lipinski definition) is 4. The van der Waals surface area contributed by atoms with Crippen molar-refractivity contribution in [2.24, 2.45) is 0 Å². The molecule has 1 amide bonds. The van der Waals surface area contributed by atoms with E-state index < -0.39 is 4.92 Å². The normalized spacial score (nSPS) is 10.5. The van der Waals surface area contributed by atoms with Gasteiger partial charge in [0.2, 0.25) is 0 Å². The third kappa shape index (κ3) is 4.55. The summed E-state index contributed by atoms with van der Waals surface area (Å²) in [5, 5.41) is 13.5. The van der Waals surface area contributed by atoms with Crippen LogP contribution >= 0.6 is 0 Å². The molecule has 126 valence electrons. The molecule has 0 fully saturated rings. The average Bonchev–Trinajstić information content (AvgIpc) is 2.55. The summed E-state index contributed by atoms with van der Waals surface area (Å²) in [4.78, 5) is 22.4. The van der Waals surface area contributed by atoms with Crippen molar-refractivity contribution >= 4 is 17.3 Å². The number of carbonyl (C=O) groups is 1. The van der Waals surface area contributed by atoms with Gasteiger partial charge in [-0.25, -0.2) is 0 Å². The molecule has 0 aromatic heterocycles. The van der Waals surface area contributed by atoms with Gasteiger partial charge in [-0.2, -0.15) is 0 Å². The molecule has 6 nitrogen and oxygen atoms in total. The Bertz CT molecular complexity index is 739. The Morgan fingerprint density at radius 1 is 1.21 bits per heavy atom. The predicted octanol–water partition coefficient (Wildman–Crippen LogP) is 4.04. The van der Waals surface area contributed by atoms with Gasteiger partial charge in [0.1, 0.15) is 5.75 Å². The second kappa shape index (κ2) is 7.59. The van der Waals surface area contributed by atoms with Crippen LogP contribution in [-0.4, -0.2) is 17.4 Å². The number of ether oxygens (including phenoxy) is 1. The summed E-state index contributed by atoms with van der Waals surface area (Å²) in [5.41, 5.74) is 2.08. The molecule has 0 aliphatic heterocycles. The van der Waals surface area contributed by atoms with Crippen LogP contribution in [0.25, 0.3) is 0 Å². The van der Waals surface area contributed by atoms with Gasteiger partial charge in [-0.05, 0) is 36.6 Å². The van der Waals surface area contributed by atoms with Crippen molar-refractivity contribution in [3.05, 3.63) is 63.7 Å². The number of carbonyl (C=O) groups excluding carboxylic acids is 1. The molecule has 1 N–H and O–H groups in total. The molecule has 0 radical (unpaired) electrons. The van der Waals surface area contributed by atoms with E-state index in [0.29, 0.717) is 22.9 Å². The first-order valence-electron chi connectivity index (χ1n) is 7.64. The van der Waals surface area contributed by atoms with Gasteiger partial charge in [-0.3, -0.25) is 14.9 Å². The lowest BCUT2D eigenvalue weighted by atomic mass is 10.0. The number of anilines is 1. The summed E-state index contributed by atoms with van der Waals surface area (Å²) in [6.45, 7) is 5.69. The Kier molecular flexibility index (Phi) is 5.52. The number of benzene rings is 2. The number of nitrogens with zero attached hydrogens (tertiary/aromatic N) is 1. The zero-order chi connectivity index (χ0) is 17.7. The summed E-state index contributed by atoms with van der Waals surface area (Å²) in [6, 6.07) is 12.1.